The molecule has 10 heavy (non-hydrogen) atoms. The van der Waals surface area contributed by atoms with Gasteiger partial charge in [0.1, 0.15) is 6.04 Å². The van der Waals surface area contributed by atoms with Crippen molar-refractivity contribution in [2.75, 3.05) is 13.6 Å². The number of likely N-dealkylation sites (N-methyl/N-ethyl adjacent to an activating group) is 1. The molecule has 0 aromatic heterocycles. The molecule has 0 spiro atoms. The summed E-state index contributed by atoms with van der Waals surface area (Å²) in [5, 5.41) is 8.63. The van der Waals surface area contributed by atoms with E-state index in [1.807, 2.05) is 24.1 Å². The Hall–Kier alpha value is -0.830. The Labute approximate surface area is 59.9 Å². The van der Waals surface area contributed by atoms with Gasteiger partial charge in [-0.1, -0.05) is 12.2 Å². The summed E-state index contributed by atoms with van der Waals surface area (Å²) in [6.45, 7) is 0.747. The minimum atomic E-state index is -0.730. The fraction of sp³-hybridized carbons (Fsp3) is 0.571. The van der Waals surface area contributed by atoms with Gasteiger partial charge in [0, 0.05) is 6.54 Å². The Balaban J connectivity index is 2.59. The number of aliphatic carboxylic acids is 1. The van der Waals surface area contributed by atoms with Crippen molar-refractivity contribution in [1.29, 1.82) is 0 Å². The second-order valence-corrected chi connectivity index (χ2v) is 2.50. The third kappa shape index (κ3) is 1.36. The summed E-state index contributed by atoms with van der Waals surface area (Å²) in [5.41, 5.74) is 0. The average molecular weight is 141 g/mol. The number of carbonyl (C=O) groups is 1. The highest BCUT2D eigenvalue weighted by atomic mass is 16.4. The summed E-state index contributed by atoms with van der Waals surface area (Å²) < 4.78 is 0. The lowest BCUT2D eigenvalue weighted by Gasteiger charge is -2.24. The number of nitrogens with zero attached hydrogens (tertiary/aromatic N) is 1. The highest BCUT2D eigenvalue weighted by molar-refractivity contribution is 5.73. The van der Waals surface area contributed by atoms with E-state index in [2.05, 4.69) is 0 Å². The van der Waals surface area contributed by atoms with E-state index in [0.717, 1.165) is 6.54 Å². The maximum absolute atomic E-state index is 10.5. The Bertz CT molecular complexity index is 165. The van der Waals surface area contributed by atoms with Gasteiger partial charge in [-0.05, 0) is 13.5 Å². The lowest BCUT2D eigenvalue weighted by atomic mass is 10.1. The molecule has 1 aliphatic heterocycles. The van der Waals surface area contributed by atoms with Gasteiger partial charge in [0.15, 0.2) is 0 Å². The largest absolute Gasteiger partial charge is 0.480 e. The molecule has 1 aliphatic rings. The summed E-state index contributed by atoms with van der Waals surface area (Å²) >= 11 is 0. The molecule has 0 amide bonds. The number of carboxylic acid groups (broad SMARTS) is 1. The Morgan fingerprint density at radius 3 is 2.80 bits per heavy atom. The van der Waals surface area contributed by atoms with Gasteiger partial charge >= 0.3 is 5.97 Å². The van der Waals surface area contributed by atoms with Crippen LogP contribution < -0.4 is 0 Å². The van der Waals surface area contributed by atoms with E-state index >= 15 is 0 Å². The third-order valence-corrected chi connectivity index (χ3v) is 1.74. The second-order valence-electron chi connectivity index (χ2n) is 2.50. The predicted octanol–water partition coefficient (Wildman–Crippen LogP) is 0.331. The normalized spacial score (nSPS) is 26.7. The van der Waals surface area contributed by atoms with Gasteiger partial charge in [-0.2, -0.15) is 0 Å². The van der Waals surface area contributed by atoms with E-state index in [1.165, 1.54) is 0 Å². The fourth-order valence-corrected chi connectivity index (χ4v) is 1.06. The van der Waals surface area contributed by atoms with E-state index in [4.69, 9.17) is 5.11 Å². The summed E-state index contributed by atoms with van der Waals surface area (Å²) in [6.07, 6.45) is 4.53. The van der Waals surface area contributed by atoms with Gasteiger partial charge in [0.25, 0.3) is 0 Å². The van der Waals surface area contributed by atoms with Crippen molar-refractivity contribution in [1.82, 2.24) is 4.90 Å². The highest BCUT2D eigenvalue weighted by Crippen LogP contribution is 2.08. The van der Waals surface area contributed by atoms with Crippen molar-refractivity contribution in [3.05, 3.63) is 12.2 Å². The van der Waals surface area contributed by atoms with Crippen LogP contribution in [0.5, 0.6) is 0 Å². The van der Waals surface area contributed by atoms with Crippen molar-refractivity contribution in [3.63, 3.8) is 0 Å². The molecule has 3 heteroatoms. The van der Waals surface area contributed by atoms with Crippen LogP contribution in [0.4, 0.5) is 0 Å². The zero-order chi connectivity index (χ0) is 7.56. The van der Waals surface area contributed by atoms with E-state index in [0.29, 0.717) is 6.42 Å². The number of carboxylic acids is 1. The molecule has 1 heterocycles. The van der Waals surface area contributed by atoms with E-state index < -0.39 is 5.97 Å². The van der Waals surface area contributed by atoms with Gasteiger partial charge in [-0.3, -0.25) is 9.69 Å². The first-order chi connectivity index (χ1) is 4.72. The van der Waals surface area contributed by atoms with Gasteiger partial charge in [0.2, 0.25) is 0 Å². The van der Waals surface area contributed by atoms with Crippen molar-refractivity contribution in [2.45, 2.75) is 12.5 Å². The Morgan fingerprint density at radius 2 is 2.40 bits per heavy atom. The SMILES string of the molecule is CN1CC=CCC1C(=O)O. The highest BCUT2D eigenvalue weighted by Gasteiger charge is 2.21. The number of hydrogen-bond acceptors (Lipinski definition) is 2. The molecule has 56 valence electrons. The average Bonchev–Trinajstić information content (AvgIpc) is 1.88. The third-order valence-electron chi connectivity index (χ3n) is 1.74. The smallest absolute Gasteiger partial charge is 0.321 e. The number of rotatable bonds is 1. The Morgan fingerprint density at radius 1 is 1.70 bits per heavy atom. The summed E-state index contributed by atoms with van der Waals surface area (Å²) in [5.74, 6) is -0.730. The van der Waals surface area contributed by atoms with Crippen LogP contribution >= 0.6 is 0 Å². The zero-order valence-electron chi connectivity index (χ0n) is 5.95. The monoisotopic (exact) mass is 141 g/mol. The molecular weight excluding hydrogens is 130 g/mol. The molecule has 0 aromatic carbocycles. The molecule has 0 bridgehead atoms. The first-order valence-electron chi connectivity index (χ1n) is 3.30. The van der Waals surface area contributed by atoms with Gasteiger partial charge < -0.3 is 5.11 Å². The molecule has 0 aliphatic carbocycles. The van der Waals surface area contributed by atoms with Crippen molar-refractivity contribution in [2.24, 2.45) is 0 Å². The molecular formula is C7H11NO2. The van der Waals surface area contributed by atoms with Crippen LogP contribution in [0.2, 0.25) is 0 Å². The van der Waals surface area contributed by atoms with Crippen LogP contribution in [0.1, 0.15) is 6.42 Å². The van der Waals surface area contributed by atoms with Crippen molar-refractivity contribution < 1.29 is 9.90 Å². The van der Waals surface area contributed by atoms with Gasteiger partial charge in [-0.15, -0.1) is 0 Å². The molecule has 1 unspecified atom stereocenters. The molecule has 1 rings (SSSR count). The van der Waals surface area contributed by atoms with Crippen LogP contribution in [0.25, 0.3) is 0 Å². The van der Waals surface area contributed by atoms with Crippen LogP contribution in [0.3, 0.4) is 0 Å². The second kappa shape index (κ2) is 2.84. The molecule has 1 atom stereocenters. The zero-order valence-corrected chi connectivity index (χ0v) is 5.95. The molecule has 0 radical (unpaired) electrons. The maximum atomic E-state index is 10.5. The summed E-state index contributed by atoms with van der Waals surface area (Å²) in [6, 6.07) is -0.315. The van der Waals surface area contributed by atoms with E-state index in [-0.39, 0.29) is 6.04 Å². The van der Waals surface area contributed by atoms with E-state index in [9.17, 15) is 4.79 Å². The first kappa shape index (κ1) is 7.28. The van der Waals surface area contributed by atoms with E-state index in [1.54, 1.807) is 0 Å². The lowest BCUT2D eigenvalue weighted by molar-refractivity contribution is -0.142. The summed E-state index contributed by atoms with van der Waals surface area (Å²) in [4.78, 5) is 12.3. The molecule has 1 N–H and O–H groups in total. The predicted molar refractivity (Wildman–Crippen MR) is 37.8 cm³/mol. The molecule has 0 aromatic rings. The van der Waals surface area contributed by atoms with Crippen molar-refractivity contribution >= 4 is 5.97 Å². The van der Waals surface area contributed by atoms with Gasteiger partial charge in [0.05, 0.1) is 0 Å². The maximum Gasteiger partial charge on any atom is 0.321 e. The van der Waals surface area contributed by atoms with Crippen LogP contribution in [0.15, 0.2) is 12.2 Å². The summed E-state index contributed by atoms with van der Waals surface area (Å²) in [7, 11) is 1.82. The fourth-order valence-electron chi connectivity index (χ4n) is 1.06. The molecule has 3 nitrogen and oxygen atoms in total. The number of hydrogen-bond donors (Lipinski definition) is 1. The standard InChI is InChI=1S/C7H11NO2/c1-8-5-3-2-4-6(8)7(9)10/h2-3,6H,4-5H2,1H3,(H,9,10). The lowest BCUT2D eigenvalue weighted by Crippen LogP contribution is -2.39. The first-order valence-corrected chi connectivity index (χ1v) is 3.30. The Kier molecular flexibility index (Phi) is 2.06. The molecule has 0 saturated heterocycles. The van der Waals surface area contributed by atoms with Crippen molar-refractivity contribution in [3.8, 4) is 0 Å². The minimum absolute atomic E-state index is 0.315. The minimum Gasteiger partial charge on any atom is -0.480 e. The van der Waals surface area contributed by atoms with Crippen LogP contribution in [-0.2, 0) is 4.79 Å². The topological polar surface area (TPSA) is 40.5 Å². The van der Waals surface area contributed by atoms with Gasteiger partial charge in [-0.25, -0.2) is 0 Å². The van der Waals surface area contributed by atoms with Crippen LogP contribution in [0, 0.1) is 0 Å². The quantitative estimate of drug-likeness (QED) is 0.535. The molecule has 0 fully saturated rings. The molecule has 0 saturated carbocycles. The van der Waals surface area contributed by atoms with Crippen LogP contribution in [-0.4, -0.2) is 35.6 Å².